The summed E-state index contributed by atoms with van der Waals surface area (Å²) in [5, 5.41) is 3.35. The molecule has 0 aliphatic carbocycles. The predicted molar refractivity (Wildman–Crippen MR) is 117 cm³/mol. The summed E-state index contributed by atoms with van der Waals surface area (Å²) in [4.78, 5) is 15.2. The largest absolute Gasteiger partial charge is 0.447 e. The van der Waals surface area contributed by atoms with Crippen molar-refractivity contribution in [1.29, 1.82) is 0 Å². The monoisotopic (exact) mass is 441 g/mol. The fourth-order valence-corrected chi connectivity index (χ4v) is 4.27. The molecular formula is C23H25F2N5O2. The molecule has 168 valence electrons. The van der Waals surface area contributed by atoms with Crippen LogP contribution in [-0.2, 0) is 4.74 Å². The molecule has 9 heteroatoms. The van der Waals surface area contributed by atoms with E-state index in [1.165, 1.54) is 18.6 Å². The normalized spacial score (nSPS) is 18.6. The molecule has 3 aliphatic heterocycles. The van der Waals surface area contributed by atoms with E-state index in [1.807, 2.05) is 0 Å². The van der Waals surface area contributed by atoms with Gasteiger partial charge in [-0.2, -0.15) is 0 Å². The molecule has 0 saturated carbocycles. The minimum absolute atomic E-state index is 0.315. The molecule has 7 nitrogen and oxygen atoms in total. The van der Waals surface area contributed by atoms with E-state index < -0.39 is 5.82 Å². The fourth-order valence-electron chi connectivity index (χ4n) is 4.27. The smallest absolute Gasteiger partial charge is 0.411 e. The van der Waals surface area contributed by atoms with Gasteiger partial charge in [0.25, 0.3) is 0 Å². The molecule has 1 N–H and O–H groups in total. The van der Waals surface area contributed by atoms with Gasteiger partial charge in [0.15, 0.2) is 0 Å². The van der Waals surface area contributed by atoms with Gasteiger partial charge in [-0.25, -0.2) is 13.6 Å². The number of anilines is 2. The lowest BCUT2D eigenvalue weighted by molar-refractivity contribution is 0.134. The summed E-state index contributed by atoms with van der Waals surface area (Å²) >= 11 is 0. The van der Waals surface area contributed by atoms with Crippen LogP contribution < -0.4 is 15.4 Å². The Kier molecular flexibility index (Phi) is 5.57. The average Bonchev–Trinajstić information content (AvgIpc) is 3.44. The Hall–Kier alpha value is -3.33. The van der Waals surface area contributed by atoms with Gasteiger partial charge in [0, 0.05) is 31.1 Å². The van der Waals surface area contributed by atoms with Crippen LogP contribution in [-0.4, -0.2) is 48.9 Å². The zero-order valence-electron chi connectivity index (χ0n) is 17.6. The van der Waals surface area contributed by atoms with Crippen molar-refractivity contribution in [3.63, 3.8) is 0 Å². The van der Waals surface area contributed by atoms with Crippen molar-refractivity contribution in [3.05, 3.63) is 60.4 Å². The van der Waals surface area contributed by atoms with Crippen molar-refractivity contribution in [2.75, 3.05) is 42.8 Å². The van der Waals surface area contributed by atoms with Gasteiger partial charge in [0.1, 0.15) is 24.9 Å². The number of cyclic esters (lactones) is 1. The number of rotatable bonds is 5. The van der Waals surface area contributed by atoms with Crippen molar-refractivity contribution in [2.24, 2.45) is 0 Å². The first kappa shape index (κ1) is 20.6. The van der Waals surface area contributed by atoms with Crippen LogP contribution in [0, 0.1) is 11.6 Å². The number of nitrogens with one attached hydrogen (secondary N) is 1. The van der Waals surface area contributed by atoms with Crippen molar-refractivity contribution < 1.29 is 18.3 Å². The van der Waals surface area contributed by atoms with E-state index in [9.17, 15) is 13.6 Å². The van der Waals surface area contributed by atoms with E-state index in [-0.39, 0.29) is 11.9 Å². The van der Waals surface area contributed by atoms with Crippen LogP contribution in [0.4, 0.5) is 25.0 Å². The average molecular weight is 441 g/mol. The van der Waals surface area contributed by atoms with Gasteiger partial charge >= 0.3 is 6.09 Å². The molecule has 0 spiro atoms. The molecular weight excluding hydrogens is 416 g/mol. The quantitative estimate of drug-likeness (QED) is 0.756. The van der Waals surface area contributed by atoms with Crippen LogP contribution in [0.25, 0.3) is 11.1 Å². The molecule has 5 rings (SSSR count). The summed E-state index contributed by atoms with van der Waals surface area (Å²) in [6, 6.07) is 9.74. The van der Waals surface area contributed by atoms with Gasteiger partial charge in [0.2, 0.25) is 0 Å². The highest BCUT2D eigenvalue weighted by molar-refractivity contribution is 5.70. The third-order valence-electron chi connectivity index (χ3n) is 5.99. The summed E-state index contributed by atoms with van der Waals surface area (Å²) in [7, 11) is 0. The lowest BCUT2D eigenvalue weighted by Crippen LogP contribution is -2.45. The highest BCUT2D eigenvalue weighted by Gasteiger charge is 2.25. The Morgan fingerprint density at radius 2 is 1.78 bits per heavy atom. The molecule has 0 aromatic heterocycles. The maximum atomic E-state index is 15.0. The van der Waals surface area contributed by atoms with E-state index in [0.717, 1.165) is 25.9 Å². The van der Waals surface area contributed by atoms with E-state index in [2.05, 4.69) is 10.4 Å². The molecule has 0 unspecified atom stereocenters. The van der Waals surface area contributed by atoms with E-state index in [1.54, 1.807) is 51.6 Å². The van der Waals surface area contributed by atoms with E-state index in [0.29, 0.717) is 42.3 Å². The molecule has 2 aromatic carbocycles. The second-order valence-electron chi connectivity index (χ2n) is 8.14. The summed E-state index contributed by atoms with van der Waals surface area (Å²) < 4.78 is 34.7. The fraction of sp³-hybridized carbons (Fsp3) is 0.348. The standard InChI is InChI=1S/C23H25F2N5O2/c24-20-15-18(30-11-10-29(26-30)16-28-12-13-32-23(28)31)5-6-19(20)17-4-7-22(21(25)14-17)27-8-2-1-3-9-27/h4-7,10-11,14-15,26H,1-3,8-9,12-13,16H2. The van der Waals surface area contributed by atoms with Crippen molar-refractivity contribution in [1.82, 2.24) is 15.4 Å². The number of halogens is 2. The lowest BCUT2D eigenvalue weighted by atomic mass is 10.0. The molecule has 2 fully saturated rings. The number of amides is 1. The van der Waals surface area contributed by atoms with Crippen LogP contribution in [0.2, 0.25) is 0 Å². The molecule has 32 heavy (non-hydrogen) atoms. The van der Waals surface area contributed by atoms with Gasteiger partial charge in [0.05, 0.1) is 17.9 Å². The Morgan fingerprint density at radius 1 is 0.938 bits per heavy atom. The third-order valence-corrected chi connectivity index (χ3v) is 5.99. The first-order chi connectivity index (χ1) is 15.6. The summed E-state index contributed by atoms with van der Waals surface area (Å²) in [6.45, 7) is 2.93. The summed E-state index contributed by atoms with van der Waals surface area (Å²) in [5.41, 5.74) is 5.08. The Balaban J connectivity index is 1.28. The number of carbonyl (C=O) groups is 1. The maximum Gasteiger partial charge on any atom is 0.411 e. The van der Waals surface area contributed by atoms with Gasteiger partial charge < -0.3 is 9.64 Å². The minimum Gasteiger partial charge on any atom is -0.447 e. The SMILES string of the molecule is O=C1OCCN1CN1C=CN(c2ccc(-c3ccc(N4CCCCC4)c(F)c3)c(F)c2)N1. The number of carbonyl (C=O) groups excluding carboxylic acids is 1. The highest BCUT2D eigenvalue weighted by Crippen LogP contribution is 2.31. The molecule has 2 saturated heterocycles. The van der Waals surface area contributed by atoms with E-state index in [4.69, 9.17) is 4.74 Å². The topological polar surface area (TPSA) is 51.3 Å². The van der Waals surface area contributed by atoms with E-state index >= 15 is 0 Å². The van der Waals surface area contributed by atoms with Crippen LogP contribution >= 0.6 is 0 Å². The molecule has 1 amide bonds. The van der Waals surface area contributed by atoms with Crippen molar-refractivity contribution in [2.45, 2.75) is 19.3 Å². The molecule has 2 aromatic rings. The third kappa shape index (κ3) is 4.08. The predicted octanol–water partition coefficient (Wildman–Crippen LogP) is 4.04. The lowest BCUT2D eigenvalue weighted by Gasteiger charge is -2.29. The second-order valence-corrected chi connectivity index (χ2v) is 8.14. The zero-order valence-corrected chi connectivity index (χ0v) is 17.6. The summed E-state index contributed by atoms with van der Waals surface area (Å²) in [5.74, 6) is -0.766. The minimum atomic E-state index is -0.440. The number of ether oxygens (including phenoxy) is 1. The second kappa shape index (κ2) is 8.66. The van der Waals surface area contributed by atoms with Crippen molar-refractivity contribution >= 4 is 17.5 Å². The van der Waals surface area contributed by atoms with Crippen LogP contribution in [0.3, 0.4) is 0 Å². The highest BCUT2D eigenvalue weighted by atomic mass is 19.1. The summed E-state index contributed by atoms with van der Waals surface area (Å²) in [6.07, 6.45) is 6.45. The molecule has 3 heterocycles. The van der Waals surface area contributed by atoms with Gasteiger partial charge in [-0.3, -0.25) is 14.9 Å². The van der Waals surface area contributed by atoms with Gasteiger partial charge in [-0.05, 0) is 55.2 Å². The molecule has 0 radical (unpaired) electrons. The number of hydrogen-bond acceptors (Lipinski definition) is 6. The van der Waals surface area contributed by atoms with Crippen LogP contribution in [0.5, 0.6) is 0 Å². The number of piperidine rings is 1. The maximum absolute atomic E-state index is 15.0. The first-order valence-electron chi connectivity index (χ1n) is 10.8. The van der Waals surface area contributed by atoms with Crippen LogP contribution in [0.1, 0.15) is 19.3 Å². The Morgan fingerprint density at radius 3 is 2.50 bits per heavy atom. The molecule has 3 aliphatic rings. The van der Waals surface area contributed by atoms with Gasteiger partial charge in [-0.1, -0.05) is 6.07 Å². The molecule has 0 bridgehead atoms. The number of nitrogens with zero attached hydrogens (tertiary/aromatic N) is 4. The van der Waals surface area contributed by atoms with Crippen molar-refractivity contribution in [3.8, 4) is 11.1 Å². The zero-order chi connectivity index (χ0) is 22.1. The van der Waals surface area contributed by atoms with Gasteiger partial charge in [-0.15, -0.1) is 5.53 Å². The number of hydrogen-bond donors (Lipinski definition) is 1. The Bertz CT molecular complexity index is 1040. The van der Waals surface area contributed by atoms with Crippen LogP contribution in [0.15, 0.2) is 48.8 Å². The number of benzene rings is 2. The molecule has 0 atom stereocenters. The Labute approximate surface area is 185 Å². The number of hydrazine groups is 2. The first-order valence-corrected chi connectivity index (χ1v) is 10.8.